The molecule has 112 valence electrons. The van der Waals surface area contributed by atoms with Crippen molar-refractivity contribution in [2.75, 3.05) is 20.1 Å². The molecule has 2 heteroatoms. The average molecular weight is 266 g/mol. The molecular weight excluding hydrogens is 232 g/mol. The Balaban J connectivity index is 2.05. The van der Waals surface area contributed by atoms with Gasteiger partial charge in [-0.2, -0.15) is 0 Å². The summed E-state index contributed by atoms with van der Waals surface area (Å²) in [4.78, 5) is 2.78. The van der Waals surface area contributed by atoms with Gasteiger partial charge in [-0.25, -0.2) is 0 Å². The van der Waals surface area contributed by atoms with Gasteiger partial charge in [-0.1, -0.05) is 34.1 Å². The molecule has 1 N–H and O–H groups in total. The molecule has 0 aromatic carbocycles. The highest BCUT2D eigenvalue weighted by molar-refractivity contribution is 4.96. The maximum absolute atomic E-state index is 3.59. The molecule has 4 unspecified atom stereocenters. The zero-order valence-electron chi connectivity index (χ0n) is 13.7. The summed E-state index contributed by atoms with van der Waals surface area (Å²) in [5, 5.41) is 3.59. The van der Waals surface area contributed by atoms with Crippen LogP contribution in [0.25, 0.3) is 0 Å². The normalized spacial score (nSPS) is 37.7. The number of rotatable bonds is 4. The molecule has 0 aromatic rings. The van der Waals surface area contributed by atoms with Crippen LogP contribution in [0.2, 0.25) is 0 Å². The van der Waals surface area contributed by atoms with E-state index in [1.54, 1.807) is 0 Å². The van der Waals surface area contributed by atoms with E-state index in [2.05, 4.69) is 45.0 Å². The summed E-state index contributed by atoms with van der Waals surface area (Å²) in [6.45, 7) is 12.4. The lowest BCUT2D eigenvalue weighted by Crippen LogP contribution is -2.53. The quantitative estimate of drug-likeness (QED) is 0.837. The van der Waals surface area contributed by atoms with Crippen LogP contribution >= 0.6 is 0 Å². The van der Waals surface area contributed by atoms with Crippen LogP contribution in [0.3, 0.4) is 0 Å². The molecule has 0 spiro atoms. The first-order chi connectivity index (χ1) is 8.97. The first-order valence-electron chi connectivity index (χ1n) is 8.39. The Morgan fingerprint density at radius 3 is 2.47 bits per heavy atom. The zero-order chi connectivity index (χ0) is 14.0. The van der Waals surface area contributed by atoms with Crippen molar-refractivity contribution in [3.05, 3.63) is 0 Å². The van der Waals surface area contributed by atoms with E-state index < -0.39 is 0 Å². The third-order valence-corrected chi connectivity index (χ3v) is 6.13. The van der Waals surface area contributed by atoms with E-state index in [1.807, 2.05) is 0 Å². The van der Waals surface area contributed by atoms with Gasteiger partial charge in [-0.05, 0) is 56.5 Å². The van der Waals surface area contributed by atoms with Crippen LogP contribution in [0.1, 0.15) is 59.8 Å². The Labute approximate surface area is 120 Å². The van der Waals surface area contributed by atoms with Gasteiger partial charge in [0.2, 0.25) is 0 Å². The molecule has 2 aliphatic rings. The Kier molecular flexibility index (Phi) is 4.94. The monoisotopic (exact) mass is 266 g/mol. The van der Waals surface area contributed by atoms with Crippen molar-refractivity contribution in [3.8, 4) is 0 Å². The Morgan fingerprint density at radius 1 is 1.21 bits per heavy atom. The second-order valence-corrected chi connectivity index (χ2v) is 7.70. The molecule has 1 aliphatic heterocycles. The lowest BCUT2D eigenvalue weighted by molar-refractivity contribution is 0.0621. The van der Waals surface area contributed by atoms with Crippen molar-refractivity contribution in [1.29, 1.82) is 0 Å². The van der Waals surface area contributed by atoms with E-state index >= 15 is 0 Å². The van der Waals surface area contributed by atoms with Crippen molar-refractivity contribution < 1.29 is 0 Å². The van der Waals surface area contributed by atoms with Crippen LogP contribution in [0, 0.1) is 17.3 Å². The van der Waals surface area contributed by atoms with E-state index in [0.29, 0.717) is 11.5 Å². The van der Waals surface area contributed by atoms with Crippen molar-refractivity contribution in [3.63, 3.8) is 0 Å². The van der Waals surface area contributed by atoms with Gasteiger partial charge in [0.1, 0.15) is 0 Å². The highest BCUT2D eigenvalue weighted by Gasteiger charge is 2.40. The van der Waals surface area contributed by atoms with Gasteiger partial charge in [0.25, 0.3) is 0 Å². The summed E-state index contributed by atoms with van der Waals surface area (Å²) in [5.74, 6) is 1.81. The van der Waals surface area contributed by atoms with Crippen molar-refractivity contribution in [1.82, 2.24) is 10.2 Å². The molecule has 1 heterocycles. The van der Waals surface area contributed by atoms with Gasteiger partial charge in [-0.3, -0.25) is 4.90 Å². The minimum atomic E-state index is 0.516. The summed E-state index contributed by atoms with van der Waals surface area (Å²) in [6.07, 6.45) is 6.88. The molecule has 0 bridgehead atoms. The van der Waals surface area contributed by atoms with Gasteiger partial charge in [0, 0.05) is 18.6 Å². The summed E-state index contributed by atoms with van der Waals surface area (Å²) >= 11 is 0. The second kappa shape index (κ2) is 6.13. The maximum Gasteiger partial charge on any atom is 0.0252 e. The Hall–Kier alpha value is -0.0800. The molecule has 4 atom stereocenters. The van der Waals surface area contributed by atoms with Crippen LogP contribution in [0.15, 0.2) is 0 Å². The fourth-order valence-electron chi connectivity index (χ4n) is 4.16. The van der Waals surface area contributed by atoms with Crippen LogP contribution in [0.5, 0.6) is 0 Å². The van der Waals surface area contributed by atoms with Crippen LogP contribution in [-0.4, -0.2) is 37.1 Å². The molecular formula is C17H34N2. The maximum atomic E-state index is 3.59. The Bertz CT molecular complexity index is 287. The molecule has 0 amide bonds. The summed E-state index contributed by atoms with van der Waals surface area (Å²) in [6, 6.07) is 1.49. The lowest BCUT2D eigenvalue weighted by atomic mass is 9.67. The van der Waals surface area contributed by atoms with Gasteiger partial charge in [0.05, 0.1) is 0 Å². The predicted molar refractivity (Wildman–Crippen MR) is 83.4 cm³/mol. The minimum Gasteiger partial charge on any atom is -0.315 e. The van der Waals surface area contributed by atoms with Crippen molar-refractivity contribution >= 4 is 0 Å². The topological polar surface area (TPSA) is 15.3 Å². The first-order valence-corrected chi connectivity index (χ1v) is 8.39. The molecule has 1 saturated heterocycles. The number of likely N-dealkylation sites (N-methyl/N-ethyl adjacent to an activating group) is 1. The average Bonchev–Trinajstić information content (AvgIpc) is 2.84. The van der Waals surface area contributed by atoms with Gasteiger partial charge in [0.15, 0.2) is 0 Å². The third kappa shape index (κ3) is 3.33. The van der Waals surface area contributed by atoms with Gasteiger partial charge in [-0.15, -0.1) is 0 Å². The van der Waals surface area contributed by atoms with Crippen molar-refractivity contribution in [2.45, 2.75) is 71.9 Å². The SMILES string of the molecule is CCC(C)(C)C1CCC(NC)C(N2CCC(C)C2)C1. The second-order valence-electron chi connectivity index (χ2n) is 7.70. The fraction of sp³-hybridized carbons (Fsp3) is 1.00. The molecule has 0 aromatic heterocycles. The Morgan fingerprint density at radius 2 is 1.95 bits per heavy atom. The lowest BCUT2D eigenvalue weighted by Gasteiger charge is -2.46. The molecule has 2 rings (SSSR count). The molecule has 1 aliphatic carbocycles. The number of hydrogen-bond donors (Lipinski definition) is 1. The highest BCUT2D eigenvalue weighted by Crippen LogP contribution is 2.42. The number of nitrogens with one attached hydrogen (secondary N) is 1. The van der Waals surface area contributed by atoms with E-state index in [1.165, 1.54) is 45.2 Å². The van der Waals surface area contributed by atoms with E-state index in [-0.39, 0.29) is 0 Å². The van der Waals surface area contributed by atoms with E-state index in [9.17, 15) is 0 Å². The third-order valence-electron chi connectivity index (χ3n) is 6.13. The molecule has 1 saturated carbocycles. The van der Waals surface area contributed by atoms with Crippen LogP contribution in [0.4, 0.5) is 0 Å². The fourth-order valence-corrected chi connectivity index (χ4v) is 4.16. The zero-order valence-corrected chi connectivity index (χ0v) is 13.7. The molecule has 2 fully saturated rings. The number of nitrogens with zero attached hydrogens (tertiary/aromatic N) is 1. The highest BCUT2D eigenvalue weighted by atomic mass is 15.2. The summed E-state index contributed by atoms with van der Waals surface area (Å²) in [5.41, 5.74) is 0.516. The number of likely N-dealkylation sites (tertiary alicyclic amines) is 1. The summed E-state index contributed by atoms with van der Waals surface area (Å²) in [7, 11) is 2.16. The standard InChI is InChI=1S/C17H34N2/c1-6-17(3,4)14-7-8-15(18-5)16(11-14)19-10-9-13(2)12-19/h13-16,18H,6-12H2,1-5H3. The van der Waals surface area contributed by atoms with E-state index in [0.717, 1.165) is 17.9 Å². The summed E-state index contributed by atoms with van der Waals surface area (Å²) < 4.78 is 0. The van der Waals surface area contributed by atoms with Crippen molar-refractivity contribution in [2.24, 2.45) is 17.3 Å². The van der Waals surface area contributed by atoms with Gasteiger partial charge < -0.3 is 5.32 Å². The molecule has 19 heavy (non-hydrogen) atoms. The van der Waals surface area contributed by atoms with Crippen LogP contribution in [-0.2, 0) is 0 Å². The smallest absolute Gasteiger partial charge is 0.0252 e. The molecule has 2 nitrogen and oxygen atoms in total. The predicted octanol–water partition coefficient (Wildman–Crippen LogP) is 3.52. The van der Waals surface area contributed by atoms with Crippen LogP contribution < -0.4 is 5.32 Å². The first kappa shape index (κ1) is 15.3. The minimum absolute atomic E-state index is 0.516. The largest absolute Gasteiger partial charge is 0.315 e. The molecule has 0 radical (unpaired) electrons. The van der Waals surface area contributed by atoms with Gasteiger partial charge >= 0.3 is 0 Å². The number of hydrogen-bond acceptors (Lipinski definition) is 2. The van der Waals surface area contributed by atoms with E-state index in [4.69, 9.17) is 0 Å².